The van der Waals surface area contributed by atoms with Crippen LogP contribution >= 0.6 is 0 Å². The molecule has 1 atom stereocenters. The molecule has 0 saturated heterocycles. The molecular formula is C22H23N4O2+. The van der Waals surface area contributed by atoms with E-state index in [2.05, 4.69) is 0 Å². The number of anilines is 1. The molecule has 0 aliphatic heterocycles. The quantitative estimate of drug-likeness (QED) is 0.346. The number of para-hydroxylation sites is 1. The molecule has 6 N–H and O–H groups in total. The first-order valence-electron chi connectivity index (χ1n) is 8.90. The molecule has 6 heteroatoms. The molecule has 1 aromatic heterocycles. The van der Waals surface area contributed by atoms with Gasteiger partial charge in [0.1, 0.15) is 7.05 Å². The van der Waals surface area contributed by atoms with Gasteiger partial charge in [-0.3, -0.25) is 9.59 Å². The molecule has 0 saturated carbocycles. The zero-order chi connectivity index (χ0) is 20.3. The number of pyridine rings is 1. The van der Waals surface area contributed by atoms with Crippen molar-refractivity contribution in [3.05, 3.63) is 71.4 Å². The van der Waals surface area contributed by atoms with E-state index >= 15 is 0 Å². The Morgan fingerprint density at radius 3 is 2.43 bits per heavy atom. The molecule has 0 aliphatic carbocycles. The van der Waals surface area contributed by atoms with Crippen LogP contribution in [-0.4, -0.2) is 17.7 Å². The summed E-state index contributed by atoms with van der Waals surface area (Å²) in [7, 11) is 1.81. The van der Waals surface area contributed by atoms with Gasteiger partial charge in [0.25, 0.3) is 5.69 Å². The van der Waals surface area contributed by atoms with Crippen LogP contribution in [-0.2, 0) is 11.8 Å². The Morgan fingerprint density at radius 1 is 1.07 bits per heavy atom. The van der Waals surface area contributed by atoms with E-state index < -0.39 is 11.9 Å². The zero-order valence-electron chi connectivity index (χ0n) is 15.6. The number of aromatic nitrogens is 1. The van der Waals surface area contributed by atoms with Crippen LogP contribution in [0.4, 0.5) is 5.69 Å². The monoisotopic (exact) mass is 375 g/mol. The number of ketones is 1. The maximum absolute atomic E-state index is 12.8. The van der Waals surface area contributed by atoms with Crippen molar-refractivity contribution < 1.29 is 14.2 Å². The second-order valence-electron chi connectivity index (χ2n) is 6.70. The molecule has 0 bridgehead atoms. The van der Waals surface area contributed by atoms with Crippen molar-refractivity contribution in [2.75, 3.05) is 5.73 Å². The molecule has 28 heavy (non-hydrogen) atoms. The predicted octanol–water partition coefficient (Wildman–Crippen LogP) is 1.80. The lowest BCUT2D eigenvalue weighted by molar-refractivity contribution is -0.647. The highest BCUT2D eigenvalue weighted by Crippen LogP contribution is 2.20. The second-order valence-corrected chi connectivity index (χ2v) is 6.70. The Morgan fingerprint density at radius 2 is 1.75 bits per heavy atom. The number of carbonyl (C=O) groups excluding carboxylic acids is 2. The fraction of sp³-hybridized carbons (Fsp3) is 0.136. The summed E-state index contributed by atoms with van der Waals surface area (Å²) in [6.07, 6.45) is 3.71. The number of amides is 1. The summed E-state index contributed by atoms with van der Waals surface area (Å²) < 4.78 is 1.79. The highest BCUT2D eigenvalue weighted by atomic mass is 16.1. The van der Waals surface area contributed by atoms with Crippen molar-refractivity contribution in [3.63, 3.8) is 0 Å². The van der Waals surface area contributed by atoms with Gasteiger partial charge in [-0.15, -0.1) is 0 Å². The van der Waals surface area contributed by atoms with Crippen LogP contribution in [0, 0.1) is 0 Å². The average molecular weight is 375 g/mol. The predicted molar refractivity (Wildman–Crippen MR) is 111 cm³/mol. The second kappa shape index (κ2) is 8.02. The van der Waals surface area contributed by atoms with Crippen molar-refractivity contribution in [1.82, 2.24) is 0 Å². The largest absolute Gasteiger partial charge is 0.399 e. The molecule has 6 nitrogen and oxygen atoms in total. The highest BCUT2D eigenvalue weighted by molar-refractivity contribution is 6.01. The summed E-state index contributed by atoms with van der Waals surface area (Å²) in [5.74, 6) is -0.929. The average Bonchev–Trinajstić information content (AvgIpc) is 2.68. The van der Waals surface area contributed by atoms with Crippen molar-refractivity contribution in [2.45, 2.75) is 12.5 Å². The van der Waals surface area contributed by atoms with Gasteiger partial charge in [-0.25, -0.2) is 0 Å². The number of aryl methyl sites for hydroxylation is 1. The Labute approximate surface area is 163 Å². The summed E-state index contributed by atoms with van der Waals surface area (Å²) in [6.45, 7) is 0. The first-order chi connectivity index (χ1) is 13.4. The highest BCUT2D eigenvalue weighted by Gasteiger charge is 2.27. The molecule has 1 amide bonds. The van der Waals surface area contributed by atoms with E-state index in [9.17, 15) is 9.59 Å². The lowest BCUT2D eigenvalue weighted by Crippen LogP contribution is -2.44. The number of nitrogens with zero attached hydrogens (tertiary/aromatic N) is 1. The third-order valence-corrected chi connectivity index (χ3v) is 4.63. The lowest BCUT2D eigenvalue weighted by atomic mass is 10.0. The first kappa shape index (κ1) is 19.3. The number of rotatable bonds is 6. The Balaban J connectivity index is 2.08. The maximum atomic E-state index is 12.8. The van der Waals surface area contributed by atoms with Crippen molar-refractivity contribution in [1.29, 1.82) is 0 Å². The standard InChI is InChI=1S/C22H22N4O2/c1-26-19-5-3-2-4-17(19)15(9-6-14-7-10-16(23)11-8-14)12-20(26)22(28)18(24)13-21(25)27/h2-12,18,23H,13,24H2,1H3,(H2,25,27)/p+1. The lowest BCUT2D eigenvalue weighted by Gasteiger charge is -2.10. The summed E-state index contributed by atoms with van der Waals surface area (Å²) in [5.41, 5.74) is 20.7. The number of primary amides is 1. The molecule has 0 aliphatic rings. The van der Waals surface area contributed by atoms with Crippen LogP contribution in [0.1, 0.15) is 28.0 Å². The van der Waals surface area contributed by atoms with Gasteiger partial charge < -0.3 is 17.2 Å². The first-order valence-corrected chi connectivity index (χ1v) is 8.90. The van der Waals surface area contributed by atoms with Crippen LogP contribution in [0.5, 0.6) is 0 Å². The van der Waals surface area contributed by atoms with Crippen LogP contribution in [0.2, 0.25) is 0 Å². The Kier molecular flexibility index (Phi) is 5.52. The molecule has 3 rings (SSSR count). The van der Waals surface area contributed by atoms with Gasteiger partial charge in [0.2, 0.25) is 17.2 Å². The fourth-order valence-electron chi connectivity index (χ4n) is 3.13. The van der Waals surface area contributed by atoms with Crippen LogP contribution in [0.25, 0.3) is 23.1 Å². The number of nitrogens with two attached hydrogens (primary N) is 3. The summed E-state index contributed by atoms with van der Waals surface area (Å²) in [4.78, 5) is 24.0. The van der Waals surface area contributed by atoms with Gasteiger partial charge in [-0.05, 0) is 29.3 Å². The van der Waals surface area contributed by atoms with Gasteiger partial charge in [-0.1, -0.05) is 36.4 Å². The van der Waals surface area contributed by atoms with Crippen LogP contribution < -0.4 is 21.8 Å². The van der Waals surface area contributed by atoms with E-state index in [1.807, 2.05) is 60.7 Å². The number of carbonyl (C=O) groups is 2. The molecule has 0 fully saturated rings. The third-order valence-electron chi connectivity index (χ3n) is 4.63. The SMILES string of the molecule is C[n+]1c(C(=O)C(N)CC(N)=O)cc(C=Cc2ccc(N)cc2)c2ccccc21. The normalized spacial score (nSPS) is 12.4. The number of nitrogen functional groups attached to an aromatic ring is 1. The number of Topliss-reactive ketones (excluding diaryl/α,β-unsaturated/α-hetero) is 1. The maximum Gasteiger partial charge on any atom is 0.251 e. The number of hydrogen-bond acceptors (Lipinski definition) is 4. The molecule has 1 heterocycles. The summed E-state index contributed by atoms with van der Waals surface area (Å²) >= 11 is 0. The zero-order valence-corrected chi connectivity index (χ0v) is 15.6. The summed E-state index contributed by atoms with van der Waals surface area (Å²) in [5, 5.41) is 0.997. The topological polar surface area (TPSA) is 116 Å². The molecule has 3 aromatic rings. The van der Waals surface area contributed by atoms with Crippen molar-refractivity contribution in [3.8, 4) is 0 Å². The van der Waals surface area contributed by atoms with Crippen LogP contribution in [0.15, 0.2) is 54.6 Å². The Hall–Kier alpha value is -3.51. The van der Waals surface area contributed by atoms with E-state index in [4.69, 9.17) is 17.2 Å². The van der Waals surface area contributed by atoms with Gasteiger partial charge in [0.05, 0.1) is 11.4 Å². The number of hydrogen-bond donors (Lipinski definition) is 3. The fourth-order valence-corrected chi connectivity index (χ4v) is 3.13. The molecule has 1 unspecified atom stereocenters. The van der Waals surface area contributed by atoms with Crippen molar-refractivity contribution >= 4 is 40.4 Å². The minimum Gasteiger partial charge on any atom is -0.399 e. The van der Waals surface area contributed by atoms with E-state index in [0.717, 1.165) is 22.0 Å². The molecular weight excluding hydrogens is 352 g/mol. The molecule has 0 spiro atoms. The van der Waals surface area contributed by atoms with Gasteiger partial charge in [0, 0.05) is 24.2 Å². The van der Waals surface area contributed by atoms with Crippen LogP contribution in [0.3, 0.4) is 0 Å². The van der Waals surface area contributed by atoms with E-state index in [-0.39, 0.29) is 12.2 Å². The number of benzene rings is 2. The molecule has 142 valence electrons. The van der Waals surface area contributed by atoms with Gasteiger partial charge >= 0.3 is 0 Å². The van der Waals surface area contributed by atoms with E-state index in [1.54, 1.807) is 17.7 Å². The van der Waals surface area contributed by atoms with Gasteiger partial charge in [0.15, 0.2) is 0 Å². The Bertz CT molecular complexity index is 1070. The molecule has 2 aromatic carbocycles. The van der Waals surface area contributed by atoms with E-state index in [1.165, 1.54) is 0 Å². The van der Waals surface area contributed by atoms with Gasteiger partial charge in [-0.2, -0.15) is 4.57 Å². The molecule has 0 radical (unpaired) electrons. The minimum absolute atomic E-state index is 0.192. The third kappa shape index (κ3) is 4.07. The summed E-state index contributed by atoms with van der Waals surface area (Å²) in [6, 6.07) is 16.1. The van der Waals surface area contributed by atoms with Crippen molar-refractivity contribution in [2.24, 2.45) is 18.5 Å². The minimum atomic E-state index is -0.973. The number of fused-ring (bicyclic) bond motifs is 1. The smallest absolute Gasteiger partial charge is 0.251 e. The van der Waals surface area contributed by atoms with E-state index in [0.29, 0.717) is 11.4 Å².